The van der Waals surface area contributed by atoms with Crippen LogP contribution >= 0.6 is 0 Å². The van der Waals surface area contributed by atoms with Gasteiger partial charge in [0.1, 0.15) is 10.6 Å². The van der Waals surface area contributed by atoms with Crippen LogP contribution in [0.3, 0.4) is 0 Å². The third-order valence-electron chi connectivity index (χ3n) is 7.42. The van der Waals surface area contributed by atoms with Crippen LogP contribution in [-0.2, 0) is 21.7 Å². The van der Waals surface area contributed by atoms with Crippen LogP contribution in [0.2, 0.25) is 0 Å². The van der Waals surface area contributed by atoms with Gasteiger partial charge in [-0.15, -0.1) is 0 Å². The molecule has 3 heterocycles. The van der Waals surface area contributed by atoms with Crippen molar-refractivity contribution in [3.05, 3.63) is 59.3 Å². The number of ether oxygens (including phenoxy) is 1. The summed E-state index contributed by atoms with van der Waals surface area (Å²) >= 11 is 0. The molecule has 202 valence electrons. The summed E-state index contributed by atoms with van der Waals surface area (Å²) in [7, 11) is -1.80. The number of hydrogen-bond acceptors (Lipinski definition) is 8. The summed E-state index contributed by atoms with van der Waals surface area (Å²) in [6.07, 6.45) is 1.21. The SMILES string of the molecule is COc1ccc(N2CCN(c3nc4c(c(Nc5cc(C(C)(C)C)ccc5C)n3)S(=O)(=O)CCC4)CC2)cc1. The summed E-state index contributed by atoms with van der Waals surface area (Å²) in [4.78, 5) is 14.4. The lowest BCUT2D eigenvalue weighted by Gasteiger charge is -2.36. The van der Waals surface area contributed by atoms with Crippen LogP contribution in [0.1, 0.15) is 44.0 Å². The summed E-state index contributed by atoms with van der Waals surface area (Å²) < 4.78 is 31.6. The number of rotatable bonds is 5. The summed E-state index contributed by atoms with van der Waals surface area (Å²) in [6, 6.07) is 14.4. The van der Waals surface area contributed by atoms with Crippen LogP contribution in [0.15, 0.2) is 47.4 Å². The maximum Gasteiger partial charge on any atom is 0.227 e. The Balaban J connectivity index is 1.46. The molecule has 0 amide bonds. The van der Waals surface area contributed by atoms with Crippen molar-refractivity contribution in [2.75, 3.05) is 54.2 Å². The molecule has 0 saturated carbocycles. The molecule has 1 N–H and O–H groups in total. The number of benzene rings is 2. The molecule has 5 rings (SSSR count). The highest BCUT2D eigenvalue weighted by molar-refractivity contribution is 7.91. The molecule has 0 atom stereocenters. The average molecular weight is 536 g/mol. The minimum atomic E-state index is -3.47. The minimum Gasteiger partial charge on any atom is -0.497 e. The molecule has 0 radical (unpaired) electrons. The fourth-order valence-corrected chi connectivity index (χ4v) is 6.67. The van der Waals surface area contributed by atoms with Crippen LogP contribution < -0.4 is 19.9 Å². The lowest BCUT2D eigenvalue weighted by molar-refractivity contribution is 0.415. The van der Waals surface area contributed by atoms with E-state index >= 15 is 0 Å². The first-order valence-corrected chi connectivity index (χ1v) is 14.9. The van der Waals surface area contributed by atoms with Crippen molar-refractivity contribution < 1.29 is 13.2 Å². The highest BCUT2D eigenvalue weighted by Crippen LogP contribution is 2.35. The first kappa shape index (κ1) is 26.3. The number of piperazine rings is 1. The Morgan fingerprint density at radius 3 is 2.29 bits per heavy atom. The Labute approximate surface area is 226 Å². The topological polar surface area (TPSA) is 87.7 Å². The minimum absolute atomic E-state index is 0.0317. The molecule has 1 aromatic heterocycles. The Hall–Kier alpha value is -3.33. The van der Waals surface area contributed by atoms with Crippen LogP contribution in [0.4, 0.5) is 23.1 Å². The van der Waals surface area contributed by atoms with E-state index in [-0.39, 0.29) is 16.1 Å². The van der Waals surface area contributed by atoms with Gasteiger partial charge >= 0.3 is 0 Å². The second-order valence-electron chi connectivity index (χ2n) is 11.1. The van der Waals surface area contributed by atoms with Gasteiger partial charge in [0.25, 0.3) is 0 Å². The number of aromatic nitrogens is 2. The van der Waals surface area contributed by atoms with Gasteiger partial charge < -0.3 is 19.9 Å². The Morgan fingerprint density at radius 1 is 0.947 bits per heavy atom. The van der Waals surface area contributed by atoms with Gasteiger partial charge in [0.15, 0.2) is 15.7 Å². The first-order chi connectivity index (χ1) is 18.0. The normalized spacial score (nSPS) is 17.2. The van der Waals surface area contributed by atoms with Gasteiger partial charge in [-0.2, -0.15) is 4.98 Å². The Kier molecular flexibility index (Phi) is 6.98. The fourth-order valence-electron chi connectivity index (χ4n) is 5.05. The van der Waals surface area contributed by atoms with E-state index in [0.29, 0.717) is 30.3 Å². The number of anilines is 4. The molecule has 2 aliphatic rings. The maximum atomic E-state index is 13.2. The zero-order chi connectivity index (χ0) is 27.1. The van der Waals surface area contributed by atoms with E-state index in [1.54, 1.807) is 7.11 Å². The molecule has 0 spiro atoms. The predicted molar refractivity (Wildman–Crippen MR) is 153 cm³/mol. The monoisotopic (exact) mass is 535 g/mol. The fraction of sp³-hybridized carbons (Fsp3) is 0.448. The van der Waals surface area contributed by atoms with Crippen molar-refractivity contribution in [3.8, 4) is 5.75 Å². The van der Waals surface area contributed by atoms with E-state index in [1.807, 2.05) is 19.1 Å². The molecule has 38 heavy (non-hydrogen) atoms. The molecule has 0 aliphatic carbocycles. The van der Waals surface area contributed by atoms with Gasteiger partial charge in [-0.05, 0) is 66.6 Å². The van der Waals surface area contributed by atoms with Gasteiger partial charge in [-0.3, -0.25) is 0 Å². The number of fused-ring (bicyclic) bond motifs is 1. The number of aryl methyl sites for hydroxylation is 2. The average Bonchev–Trinajstić information content (AvgIpc) is 2.89. The van der Waals surface area contributed by atoms with Crippen LogP contribution in [-0.4, -0.2) is 57.4 Å². The molecular formula is C29H37N5O3S. The van der Waals surface area contributed by atoms with E-state index in [1.165, 1.54) is 5.56 Å². The van der Waals surface area contributed by atoms with Gasteiger partial charge in [-0.1, -0.05) is 32.9 Å². The zero-order valence-electron chi connectivity index (χ0n) is 22.9. The Morgan fingerprint density at radius 2 is 1.63 bits per heavy atom. The number of hydrogen-bond donors (Lipinski definition) is 1. The molecule has 2 aliphatic heterocycles. The number of sulfone groups is 1. The summed E-state index contributed by atoms with van der Waals surface area (Å²) in [6.45, 7) is 11.7. The third kappa shape index (κ3) is 5.29. The maximum absolute atomic E-state index is 13.2. The lowest BCUT2D eigenvalue weighted by Crippen LogP contribution is -2.47. The van der Waals surface area contributed by atoms with Crippen LogP contribution in [0, 0.1) is 6.92 Å². The lowest BCUT2D eigenvalue weighted by atomic mass is 9.86. The number of nitrogens with one attached hydrogen (secondary N) is 1. The van der Waals surface area contributed by atoms with Crippen LogP contribution in [0.5, 0.6) is 5.75 Å². The van der Waals surface area contributed by atoms with Crippen molar-refractivity contribution in [2.24, 2.45) is 0 Å². The standard InChI is InChI=1S/C29H37N5O3S/c1-20-8-9-21(29(2,3)4)19-25(20)30-27-26-24(7-6-18-38(26,35)36)31-28(32-27)34-16-14-33(15-17-34)22-10-12-23(37-5)13-11-22/h8-13,19H,6-7,14-18H2,1-5H3,(H,30,31,32). The molecule has 0 bridgehead atoms. The third-order valence-corrected chi connectivity index (χ3v) is 9.30. The van der Waals surface area contributed by atoms with E-state index < -0.39 is 9.84 Å². The first-order valence-electron chi connectivity index (χ1n) is 13.2. The highest BCUT2D eigenvalue weighted by atomic mass is 32.2. The molecule has 3 aromatic rings. The molecule has 1 fully saturated rings. The van der Waals surface area contributed by atoms with Crippen LogP contribution in [0.25, 0.3) is 0 Å². The quantitative estimate of drug-likeness (QED) is 0.495. The highest BCUT2D eigenvalue weighted by Gasteiger charge is 2.32. The van der Waals surface area contributed by atoms with Crippen molar-refractivity contribution in [1.82, 2.24) is 9.97 Å². The molecular weight excluding hydrogens is 498 g/mol. The van der Waals surface area contributed by atoms with Crippen molar-refractivity contribution in [3.63, 3.8) is 0 Å². The molecule has 0 unspecified atom stereocenters. The van der Waals surface area contributed by atoms with Crippen molar-refractivity contribution >= 4 is 33.0 Å². The number of methoxy groups -OCH3 is 1. The largest absolute Gasteiger partial charge is 0.497 e. The number of nitrogens with zero attached hydrogens (tertiary/aromatic N) is 4. The Bertz CT molecular complexity index is 1420. The summed E-state index contributed by atoms with van der Waals surface area (Å²) in [5, 5.41) is 3.41. The van der Waals surface area contributed by atoms with Crippen molar-refractivity contribution in [1.29, 1.82) is 0 Å². The molecule has 1 saturated heterocycles. The van der Waals surface area contributed by atoms with E-state index in [9.17, 15) is 8.42 Å². The van der Waals surface area contributed by atoms with E-state index in [4.69, 9.17) is 14.7 Å². The second kappa shape index (κ2) is 10.1. The summed E-state index contributed by atoms with van der Waals surface area (Å²) in [5.41, 5.74) is 4.81. The van der Waals surface area contributed by atoms with Gasteiger partial charge in [0, 0.05) is 37.6 Å². The smallest absolute Gasteiger partial charge is 0.227 e. The molecule has 8 nitrogen and oxygen atoms in total. The van der Waals surface area contributed by atoms with E-state index in [0.717, 1.165) is 48.9 Å². The van der Waals surface area contributed by atoms with Crippen molar-refractivity contribution in [2.45, 2.75) is 50.8 Å². The van der Waals surface area contributed by atoms with Gasteiger partial charge in [-0.25, -0.2) is 13.4 Å². The van der Waals surface area contributed by atoms with Gasteiger partial charge in [0.05, 0.1) is 18.6 Å². The molecule has 2 aromatic carbocycles. The van der Waals surface area contributed by atoms with Gasteiger partial charge in [0.2, 0.25) is 5.95 Å². The predicted octanol–water partition coefficient (Wildman–Crippen LogP) is 4.88. The molecule has 9 heteroatoms. The summed E-state index contributed by atoms with van der Waals surface area (Å²) in [5.74, 6) is 1.94. The van der Waals surface area contributed by atoms with E-state index in [2.05, 4.69) is 66.2 Å². The second-order valence-corrected chi connectivity index (χ2v) is 13.2. The zero-order valence-corrected chi connectivity index (χ0v) is 23.7.